The number of ether oxygens (including phenoxy) is 2. The molecule has 0 saturated carbocycles. The maximum Gasteiger partial charge on any atom is 0.127 e. The van der Waals surface area contributed by atoms with Crippen LogP contribution in [0.3, 0.4) is 0 Å². The number of hydrogen-bond donors (Lipinski definition) is 1. The van der Waals surface area contributed by atoms with Gasteiger partial charge >= 0.3 is 0 Å². The molecule has 0 radical (unpaired) electrons. The molecule has 0 saturated heterocycles. The Kier molecular flexibility index (Phi) is 3.97. The number of aromatic nitrogens is 2. The molecule has 1 aromatic carbocycles. The first-order chi connectivity index (χ1) is 9.08. The van der Waals surface area contributed by atoms with Gasteiger partial charge in [-0.3, -0.25) is 4.68 Å². The van der Waals surface area contributed by atoms with E-state index in [1.54, 1.807) is 38.2 Å². The van der Waals surface area contributed by atoms with Crippen molar-refractivity contribution in [1.29, 1.82) is 0 Å². The number of hydrogen-bond acceptors (Lipinski definition) is 4. The Hall–Kier alpha value is -1.72. The lowest BCUT2D eigenvalue weighted by Gasteiger charge is -2.17. The molecule has 0 aliphatic heterocycles. The lowest BCUT2D eigenvalue weighted by molar-refractivity contribution is 0.389. The lowest BCUT2D eigenvalue weighted by atomic mass is 10.0. The summed E-state index contributed by atoms with van der Waals surface area (Å²) in [6, 6.07) is 5.08. The highest BCUT2D eigenvalue weighted by Crippen LogP contribution is 2.33. The smallest absolute Gasteiger partial charge is 0.127 e. The largest absolute Gasteiger partial charge is 0.497 e. The van der Waals surface area contributed by atoms with Gasteiger partial charge in [-0.05, 0) is 12.1 Å². The first-order valence-corrected chi connectivity index (χ1v) is 6.11. The van der Waals surface area contributed by atoms with Crippen LogP contribution in [0.2, 0.25) is 5.02 Å². The highest BCUT2D eigenvalue weighted by Gasteiger charge is 2.20. The molecule has 1 heterocycles. The van der Waals surface area contributed by atoms with Gasteiger partial charge in [0.05, 0.1) is 37.2 Å². The number of benzene rings is 1. The SMILES string of the molecule is COc1ccc(C(N)c2c(Cl)cnn2C)c(OC)c1. The summed E-state index contributed by atoms with van der Waals surface area (Å²) >= 11 is 6.12. The summed E-state index contributed by atoms with van der Waals surface area (Å²) in [6.45, 7) is 0. The number of methoxy groups -OCH3 is 2. The Morgan fingerprint density at radius 3 is 2.58 bits per heavy atom. The topological polar surface area (TPSA) is 62.3 Å². The molecule has 5 nitrogen and oxygen atoms in total. The van der Waals surface area contributed by atoms with Gasteiger partial charge in [-0.1, -0.05) is 11.6 Å². The van der Waals surface area contributed by atoms with Gasteiger partial charge in [-0.2, -0.15) is 5.10 Å². The third-order valence-corrected chi connectivity index (χ3v) is 3.30. The summed E-state index contributed by atoms with van der Waals surface area (Å²) in [4.78, 5) is 0. The van der Waals surface area contributed by atoms with Crippen LogP contribution in [0.25, 0.3) is 0 Å². The van der Waals surface area contributed by atoms with Crippen molar-refractivity contribution in [3.8, 4) is 11.5 Å². The molecule has 0 bridgehead atoms. The molecular weight excluding hydrogens is 266 g/mol. The van der Waals surface area contributed by atoms with Crippen LogP contribution in [0.5, 0.6) is 11.5 Å². The van der Waals surface area contributed by atoms with E-state index in [0.717, 1.165) is 11.3 Å². The summed E-state index contributed by atoms with van der Waals surface area (Å²) in [5.41, 5.74) is 7.83. The number of nitrogens with zero attached hydrogens (tertiary/aromatic N) is 2. The minimum absolute atomic E-state index is 0.416. The predicted octanol–water partition coefficient (Wildman–Crippen LogP) is 2.14. The van der Waals surface area contributed by atoms with Crippen molar-refractivity contribution in [1.82, 2.24) is 9.78 Å². The molecular formula is C13H16ClN3O2. The molecule has 0 fully saturated rings. The molecule has 2 aromatic rings. The van der Waals surface area contributed by atoms with Crippen molar-refractivity contribution in [2.24, 2.45) is 12.8 Å². The standard InChI is InChI=1S/C13H16ClN3O2/c1-17-13(10(14)7-16-17)12(15)9-5-4-8(18-2)6-11(9)19-3/h4-7,12H,15H2,1-3H3. The third-order valence-electron chi connectivity index (χ3n) is 3.01. The molecule has 102 valence electrons. The van der Waals surface area contributed by atoms with Crippen LogP contribution in [0, 0.1) is 0 Å². The van der Waals surface area contributed by atoms with Crippen molar-refractivity contribution in [3.05, 3.63) is 40.7 Å². The Bertz CT molecular complexity index is 564. The van der Waals surface area contributed by atoms with E-state index in [0.29, 0.717) is 16.5 Å². The van der Waals surface area contributed by atoms with Crippen LogP contribution in [0.4, 0.5) is 0 Å². The fraction of sp³-hybridized carbons (Fsp3) is 0.308. The van der Waals surface area contributed by atoms with E-state index in [1.165, 1.54) is 0 Å². The van der Waals surface area contributed by atoms with Crippen molar-refractivity contribution in [2.75, 3.05) is 14.2 Å². The van der Waals surface area contributed by atoms with Gasteiger partial charge < -0.3 is 15.2 Å². The van der Waals surface area contributed by atoms with Gasteiger partial charge in [0.15, 0.2) is 0 Å². The van der Waals surface area contributed by atoms with Gasteiger partial charge in [0, 0.05) is 18.7 Å². The molecule has 19 heavy (non-hydrogen) atoms. The van der Waals surface area contributed by atoms with E-state index in [9.17, 15) is 0 Å². The van der Waals surface area contributed by atoms with Crippen LogP contribution >= 0.6 is 11.6 Å². The molecule has 2 N–H and O–H groups in total. The van der Waals surface area contributed by atoms with Crippen LogP contribution < -0.4 is 15.2 Å². The zero-order valence-electron chi connectivity index (χ0n) is 11.1. The Labute approximate surface area is 116 Å². The fourth-order valence-corrected chi connectivity index (χ4v) is 2.28. The summed E-state index contributed by atoms with van der Waals surface area (Å²) in [5, 5.41) is 4.63. The molecule has 6 heteroatoms. The molecule has 0 aliphatic rings. The first kappa shape index (κ1) is 13.7. The number of halogens is 1. The Balaban J connectivity index is 2.47. The fourth-order valence-electron chi connectivity index (χ4n) is 1.99. The summed E-state index contributed by atoms with van der Waals surface area (Å²) in [5.74, 6) is 1.37. The second kappa shape index (κ2) is 5.50. The van der Waals surface area contributed by atoms with E-state index in [-0.39, 0.29) is 0 Å². The monoisotopic (exact) mass is 281 g/mol. The maximum atomic E-state index is 6.26. The number of aryl methyl sites for hydroxylation is 1. The van der Waals surface area contributed by atoms with E-state index >= 15 is 0 Å². The molecule has 1 atom stereocenters. The maximum absolute atomic E-state index is 6.26. The molecule has 0 spiro atoms. The first-order valence-electron chi connectivity index (χ1n) is 5.73. The van der Waals surface area contributed by atoms with Gasteiger partial charge in [0.1, 0.15) is 11.5 Å². The molecule has 0 aliphatic carbocycles. The minimum atomic E-state index is -0.416. The van der Waals surface area contributed by atoms with Crippen LogP contribution in [0.1, 0.15) is 17.3 Å². The molecule has 1 unspecified atom stereocenters. The summed E-state index contributed by atoms with van der Waals surface area (Å²) in [7, 11) is 5.00. The highest BCUT2D eigenvalue weighted by atomic mass is 35.5. The Morgan fingerprint density at radius 1 is 1.32 bits per heavy atom. The zero-order chi connectivity index (χ0) is 14.0. The van der Waals surface area contributed by atoms with Gasteiger partial charge in [0.25, 0.3) is 0 Å². The Morgan fingerprint density at radius 2 is 2.05 bits per heavy atom. The van der Waals surface area contributed by atoms with Crippen molar-refractivity contribution < 1.29 is 9.47 Å². The van der Waals surface area contributed by atoms with Crippen LogP contribution in [-0.4, -0.2) is 24.0 Å². The van der Waals surface area contributed by atoms with Crippen LogP contribution in [-0.2, 0) is 7.05 Å². The quantitative estimate of drug-likeness (QED) is 0.933. The van der Waals surface area contributed by atoms with Crippen molar-refractivity contribution in [2.45, 2.75) is 6.04 Å². The van der Waals surface area contributed by atoms with E-state index in [2.05, 4.69) is 5.10 Å². The van der Waals surface area contributed by atoms with Crippen molar-refractivity contribution >= 4 is 11.6 Å². The molecule has 2 rings (SSSR count). The predicted molar refractivity (Wildman–Crippen MR) is 73.8 cm³/mol. The highest BCUT2D eigenvalue weighted by molar-refractivity contribution is 6.31. The second-order valence-electron chi connectivity index (χ2n) is 4.09. The summed E-state index contributed by atoms with van der Waals surface area (Å²) in [6.07, 6.45) is 1.58. The van der Waals surface area contributed by atoms with Crippen molar-refractivity contribution in [3.63, 3.8) is 0 Å². The number of rotatable bonds is 4. The zero-order valence-corrected chi connectivity index (χ0v) is 11.8. The minimum Gasteiger partial charge on any atom is -0.497 e. The van der Waals surface area contributed by atoms with Gasteiger partial charge in [-0.15, -0.1) is 0 Å². The average molecular weight is 282 g/mol. The van der Waals surface area contributed by atoms with Gasteiger partial charge in [-0.25, -0.2) is 0 Å². The van der Waals surface area contributed by atoms with Crippen LogP contribution in [0.15, 0.2) is 24.4 Å². The third kappa shape index (κ3) is 2.52. The van der Waals surface area contributed by atoms with Gasteiger partial charge in [0.2, 0.25) is 0 Å². The summed E-state index contributed by atoms with van der Waals surface area (Å²) < 4.78 is 12.2. The molecule has 1 aromatic heterocycles. The normalized spacial score (nSPS) is 12.3. The second-order valence-corrected chi connectivity index (χ2v) is 4.49. The van der Waals surface area contributed by atoms with E-state index < -0.39 is 6.04 Å². The van der Waals surface area contributed by atoms with E-state index in [4.69, 9.17) is 26.8 Å². The van der Waals surface area contributed by atoms with E-state index in [1.807, 2.05) is 12.1 Å². The lowest BCUT2D eigenvalue weighted by Crippen LogP contribution is -2.17. The number of nitrogens with two attached hydrogens (primary N) is 1. The molecule has 0 amide bonds. The average Bonchev–Trinajstić information content (AvgIpc) is 2.76.